The highest BCUT2D eigenvalue weighted by molar-refractivity contribution is 8.14. The molecule has 0 aliphatic carbocycles. The van der Waals surface area contributed by atoms with E-state index in [4.69, 9.17) is 20.2 Å². The SMILES string of the molecule is CC(C)COc1c2ccccc2c(OCC(C)C)c2c(S(=O)(=O)Cl)cccc12. The molecule has 0 bridgehead atoms. The molecule has 0 radical (unpaired) electrons. The van der Waals surface area contributed by atoms with E-state index in [0.29, 0.717) is 41.4 Å². The summed E-state index contributed by atoms with van der Waals surface area (Å²) in [5, 5.41) is 2.84. The van der Waals surface area contributed by atoms with Crippen LogP contribution in [0.1, 0.15) is 27.7 Å². The van der Waals surface area contributed by atoms with Gasteiger partial charge in [0, 0.05) is 32.2 Å². The third-order valence-electron chi connectivity index (χ3n) is 4.30. The fourth-order valence-corrected chi connectivity index (χ4v) is 4.20. The first-order valence-corrected chi connectivity index (χ1v) is 11.7. The maximum atomic E-state index is 12.3. The summed E-state index contributed by atoms with van der Waals surface area (Å²) < 4.78 is 36.9. The van der Waals surface area contributed by atoms with Gasteiger partial charge in [-0.2, -0.15) is 0 Å². The standard InChI is InChI=1S/C22H25ClO4S/c1-14(2)12-26-21-16-8-5-6-9-17(16)22(27-13-15(3)4)20-18(21)10-7-11-19(20)28(23,24)25/h5-11,14-15H,12-13H2,1-4H3. The van der Waals surface area contributed by atoms with Crippen molar-refractivity contribution < 1.29 is 17.9 Å². The van der Waals surface area contributed by atoms with Crippen LogP contribution in [0.5, 0.6) is 11.5 Å². The summed E-state index contributed by atoms with van der Waals surface area (Å²) in [5.74, 6) is 1.78. The zero-order valence-corrected chi connectivity index (χ0v) is 18.1. The minimum absolute atomic E-state index is 0.0329. The molecule has 4 nitrogen and oxygen atoms in total. The summed E-state index contributed by atoms with van der Waals surface area (Å²) in [7, 11) is 1.81. The summed E-state index contributed by atoms with van der Waals surface area (Å²) in [6, 6.07) is 12.8. The predicted octanol–water partition coefficient (Wildman–Crippen LogP) is 5.99. The Hall–Kier alpha value is -1.98. The van der Waals surface area contributed by atoms with E-state index in [9.17, 15) is 8.42 Å². The monoisotopic (exact) mass is 420 g/mol. The normalized spacial score (nSPS) is 12.2. The van der Waals surface area contributed by atoms with Crippen LogP contribution in [0.25, 0.3) is 21.5 Å². The topological polar surface area (TPSA) is 52.6 Å². The summed E-state index contributed by atoms with van der Waals surface area (Å²) >= 11 is 0. The van der Waals surface area contributed by atoms with Crippen LogP contribution in [0, 0.1) is 11.8 Å². The van der Waals surface area contributed by atoms with Crippen molar-refractivity contribution in [2.45, 2.75) is 32.6 Å². The van der Waals surface area contributed by atoms with Gasteiger partial charge in [-0.15, -0.1) is 0 Å². The summed E-state index contributed by atoms with van der Waals surface area (Å²) in [6.45, 7) is 9.21. The van der Waals surface area contributed by atoms with Crippen molar-refractivity contribution in [3.63, 3.8) is 0 Å². The van der Waals surface area contributed by atoms with E-state index in [2.05, 4.69) is 13.8 Å². The average Bonchev–Trinajstić information content (AvgIpc) is 2.62. The molecule has 0 aromatic heterocycles. The Balaban J connectivity index is 2.44. The molecule has 3 aromatic rings. The van der Waals surface area contributed by atoms with Crippen molar-refractivity contribution in [1.29, 1.82) is 0 Å². The predicted molar refractivity (Wildman–Crippen MR) is 115 cm³/mol. The van der Waals surface area contributed by atoms with Crippen LogP contribution in [0.3, 0.4) is 0 Å². The summed E-state index contributed by atoms with van der Waals surface area (Å²) in [4.78, 5) is 0.0329. The Morgan fingerprint density at radius 1 is 0.786 bits per heavy atom. The van der Waals surface area contributed by atoms with Crippen molar-refractivity contribution in [2.24, 2.45) is 11.8 Å². The summed E-state index contributed by atoms with van der Waals surface area (Å²) in [5.41, 5.74) is 0. The van der Waals surface area contributed by atoms with Crippen LogP contribution in [0.15, 0.2) is 47.4 Å². The molecule has 0 aliphatic heterocycles. The van der Waals surface area contributed by atoms with Crippen LogP contribution in [0.2, 0.25) is 0 Å². The molecule has 0 heterocycles. The fraction of sp³-hybridized carbons (Fsp3) is 0.364. The first-order valence-electron chi connectivity index (χ1n) is 9.37. The van der Waals surface area contributed by atoms with Crippen molar-refractivity contribution in [3.8, 4) is 11.5 Å². The number of hydrogen-bond donors (Lipinski definition) is 0. The lowest BCUT2D eigenvalue weighted by molar-refractivity contribution is 0.272. The van der Waals surface area contributed by atoms with Gasteiger partial charge in [0.25, 0.3) is 9.05 Å². The lowest BCUT2D eigenvalue weighted by Crippen LogP contribution is -2.08. The highest BCUT2D eigenvalue weighted by Crippen LogP contribution is 2.45. The zero-order chi connectivity index (χ0) is 20.5. The van der Waals surface area contributed by atoms with E-state index in [1.54, 1.807) is 6.07 Å². The highest BCUT2D eigenvalue weighted by atomic mass is 35.7. The molecule has 0 aliphatic rings. The van der Waals surface area contributed by atoms with Gasteiger partial charge in [0.1, 0.15) is 11.5 Å². The molecule has 0 saturated heterocycles. The van der Waals surface area contributed by atoms with Crippen molar-refractivity contribution in [2.75, 3.05) is 13.2 Å². The number of hydrogen-bond acceptors (Lipinski definition) is 4. The fourth-order valence-electron chi connectivity index (χ4n) is 3.12. The second kappa shape index (κ2) is 8.18. The van der Waals surface area contributed by atoms with Gasteiger partial charge < -0.3 is 9.47 Å². The third-order valence-corrected chi connectivity index (χ3v) is 5.66. The summed E-state index contributed by atoms with van der Waals surface area (Å²) in [6.07, 6.45) is 0. The van der Waals surface area contributed by atoms with Crippen molar-refractivity contribution >= 4 is 41.3 Å². The minimum atomic E-state index is -3.97. The number of benzene rings is 3. The Morgan fingerprint density at radius 2 is 1.29 bits per heavy atom. The second-order valence-corrected chi connectivity index (χ2v) is 10.3. The van der Waals surface area contributed by atoms with Crippen molar-refractivity contribution in [1.82, 2.24) is 0 Å². The Bertz CT molecular complexity index is 1100. The molecule has 0 fully saturated rings. The molecule has 0 saturated carbocycles. The van der Waals surface area contributed by atoms with Gasteiger partial charge in [0.05, 0.1) is 18.1 Å². The van der Waals surface area contributed by atoms with E-state index in [-0.39, 0.29) is 10.8 Å². The van der Waals surface area contributed by atoms with Crippen LogP contribution >= 0.6 is 10.7 Å². The maximum Gasteiger partial charge on any atom is 0.262 e. The molecular weight excluding hydrogens is 396 g/mol. The highest BCUT2D eigenvalue weighted by Gasteiger charge is 2.23. The molecule has 0 spiro atoms. The molecule has 6 heteroatoms. The van der Waals surface area contributed by atoms with E-state index in [1.807, 2.05) is 44.2 Å². The number of ether oxygens (including phenoxy) is 2. The van der Waals surface area contributed by atoms with Crippen LogP contribution in [0.4, 0.5) is 0 Å². The molecule has 28 heavy (non-hydrogen) atoms. The molecular formula is C22H25ClO4S. The number of fused-ring (bicyclic) bond motifs is 2. The third kappa shape index (κ3) is 4.20. The van der Waals surface area contributed by atoms with Gasteiger partial charge in [-0.05, 0) is 17.9 Å². The molecule has 3 aromatic carbocycles. The number of rotatable bonds is 7. The van der Waals surface area contributed by atoms with Crippen LogP contribution < -0.4 is 9.47 Å². The van der Waals surface area contributed by atoms with Gasteiger partial charge in [-0.25, -0.2) is 8.42 Å². The molecule has 0 N–H and O–H groups in total. The van der Waals surface area contributed by atoms with Gasteiger partial charge in [0.15, 0.2) is 0 Å². The zero-order valence-electron chi connectivity index (χ0n) is 16.5. The van der Waals surface area contributed by atoms with Gasteiger partial charge in [-0.3, -0.25) is 0 Å². The van der Waals surface area contributed by atoms with Gasteiger partial charge in [-0.1, -0.05) is 64.1 Å². The van der Waals surface area contributed by atoms with Crippen molar-refractivity contribution in [3.05, 3.63) is 42.5 Å². The lowest BCUT2D eigenvalue weighted by Gasteiger charge is -2.20. The minimum Gasteiger partial charge on any atom is -0.492 e. The Morgan fingerprint density at radius 3 is 1.82 bits per heavy atom. The molecule has 0 amide bonds. The molecule has 3 rings (SSSR count). The average molecular weight is 421 g/mol. The first-order chi connectivity index (χ1) is 13.2. The van der Waals surface area contributed by atoms with E-state index in [1.165, 1.54) is 6.07 Å². The largest absolute Gasteiger partial charge is 0.492 e. The lowest BCUT2D eigenvalue weighted by atomic mass is 10.00. The van der Waals surface area contributed by atoms with E-state index >= 15 is 0 Å². The Kier molecular flexibility index (Phi) is 6.06. The molecule has 0 atom stereocenters. The van der Waals surface area contributed by atoms with Gasteiger partial charge >= 0.3 is 0 Å². The number of halogens is 1. The maximum absolute atomic E-state index is 12.3. The van der Waals surface area contributed by atoms with Gasteiger partial charge in [0.2, 0.25) is 0 Å². The van der Waals surface area contributed by atoms with Crippen LogP contribution in [-0.2, 0) is 9.05 Å². The van der Waals surface area contributed by atoms with E-state index in [0.717, 1.165) is 10.8 Å². The quantitative estimate of drug-likeness (QED) is 0.348. The smallest absolute Gasteiger partial charge is 0.262 e. The molecule has 0 unspecified atom stereocenters. The van der Waals surface area contributed by atoms with E-state index < -0.39 is 9.05 Å². The Labute approximate surface area is 170 Å². The first kappa shape index (κ1) is 20.7. The molecule has 150 valence electrons. The second-order valence-electron chi connectivity index (χ2n) is 7.73. The van der Waals surface area contributed by atoms with Crippen LogP contribution in [-0.4, -0.2) is 21.6 Å².